The smallest absolute Gasteiger partial charge is 0.338 e. The van der Waals surface area contributed by atoms with E-state index in [0.717, 1.165) is 4.90 Å². The van der Waals surface area contributed by atoms with Crippen LogP contribution < -0.4 is 4.90 Å². The molecule has 0 unspecified atom stereocenters. The summed E-state index contributed by atoms with van der Waals surface area (Å²) in [7, 11) is -4.11. The Labute approximate surface area is 189 Å². The van der Waals surface area contributed by atoms with Crippen LogP contribution in [0.1, 0.15) is 33.2 Å². The first-order valence-electron chi connectivity index (χ1n) is 9.65. The number of anilines is 1. The Morgan fingerprint density at radius 3 is 2.53 bits per heavy atom. The average Bonchev–Trinajstić information content (AvgIpc) is 2.84. The van der Waals surface area contributed by atoms with Crippen molar-refractivity contribution in [2.75, 3.05) is 11.5 Å². The summed E-state index contributed by atoms with van der Waals surface area (Å²) < 4.78 is 46.4. The molecule has 3 aromatic carbocycles. The fourth-order valence-corrected chi connectivity index (χ4v) is 5.40. The van der Waals surface area contributed by atoms with E-state index in [1.165, 1.54) is 54.6 Å². The molecule has 0 aliphatic carbocycles. The van der Waals surface area contributed by atoms with Crippen LogP contribution in [0, 0.1) is 5.82 Å². The number of esters is 1. The predicted molar refractivity (Wildman–Crippen MR) is 116 cm³/mol. The number of amides is 1. The van der Waals surface area contributed by atoms with Gasteiger partial charge in [0.25, 0.3) is 5.91 Å². The lowest BCUT2D eigenvalue weighted by Crippen LogP contribution is -2.31. The van der Waals surface area contributed by atoms with E-state index in [9.17, 15) is 22.4 Å². The molecule has 3 aromatic rings. The molecule has 0 radical (unpaired) electrons. The van der Waals surface area contributed by atoms with Crippen LogP contribution in [0.5, 0.6) is 0 Å². The van der Waals surface area contributed by atoms with Crippen molar-refractivity contribution in [3.8, 4) is 0 Å². The largest absolute Gasteiger partial charge is 0.462 e. The zero-order valence-electron chi connectivity index (χ0n) is 16.8. The molecule has 164 valence electrons. The molecule has 0 N–H and O–H groups in total. The number of fused-ring (bicyclic) bond motifs is 2. The Hall–Kier alpha value is -3.23. The summed E-state index contributed by atoms with van der Waals surface area (Å²) in [6, 6.07) is 13.7. The first-order chi connectivity index (χ1) is 15.3. The van der Waals surface area contributed by atoms with E-state index in [2.05, 4.69) is 0 Å². The van der Waals surface area contributed by atoms with Gasteiger partial charge in [0.2, 0.25) is 9.84 Å². The highest BCUT2D eigenvalue weighted by Crippen LogP contribution is 2.39. The number of hydrogen-bond acceptors (Lipinski definition) is 5. The highest BCUT2D eigenvalue weighted by Gasteiger charge is 2.36. The number of nitrogens with zero attached hydrogens (tertiary/aromatic N) is 1. The second kappa shape index (κ2) is 8.37. The van der Waals surface area contributed by atoms with Crippen LogP contribution in [-0.2, 0) is 21.1 Å². The summed E-state index contributed by atoms with van der Waals surface area (Å²) in [4.78, 5) is 26.6. The number of rotatable bonds is 4. The van der Waals surface area contributed by atoms with Crippen molar-refractivity contribution in [1.82, 2.24) is 0 Å². The first kappa shape index (κ1) is 22.0. The van der Waals surface area contributed by atoms with Gasteiger partial charge in [-0.15, -0.1) is 0 Å². The van der Waals surface area contributed by atoms with Gasteiger partial charge < -0.3 is 9.64 Å². The Morgan fingerprint density at radius 2 is 1.81 bits per heavy atom. The van der Waals surface area contributed by atoms with Crippen LogP contribution in [0.15, 0.2) is 70.5 Å². The Balaban J connectivity index is 1.99. The molecular formula is C23H17ClFNO5S. The third-order valence-corrected chi connectivity index (χ3v) is 7.29. The maximum absolute atomic E-state index is 14.6. The van der Waals surface area contributed by atoms with Crippen molar-refractivity contribution in [2.24, 2.45) is 0 Å². The van der Waals surface area contributed by atoms with Crippen LogP contribution in [0.3, 0.4) is 0 Å². The lowest BCUT2D eigenvalue weighted by molar-refractivity contribution is 0.0526. The molecule has 6 nitrogen and oxygen atoms in total. The summed E-state index contributed by atoms with van der Waals surface area (Å²) in [5, 5.41) is 0.0845. The maximum Gasteiger partial charge on any atom is 0.338 e. The molecule has 0 fully saturated rings. The summed E-state index contributed by atoms with van der Waals surface area (Å²) >= 11 is 6.17. The quantitative estimate of drug-likeness (QED) is 0.515. The molecule has 4 rings (SSSR count). The van der Waals surface area contributed by atoms with Crippen molar-refractivity contribution in [3.05, 3.63) is 88.2 Å². The zero-order valence-corrected chi connectivity index (χ0v) is 18.4. The molecule has 0 saturated heterocycles. The molecule has 9 heteroatoms. The Kier molecular flexibility index (Phi) is 5.75. The van der Waals surface area contributed by atoms with E-state index in [-0.39, 0.29) is 50.3 Å². The van der Waals surface area contributed by atoms with Crippen LogP contribution in [0.2, 0.25) is 5.02 Å². The SMILES string of the molecule is CCOC(=O)c1ccc2c(c1)N(Cc1c(F)cccc1Cl)C(=O)c1ccccc1S2(=O)=O. The van der Waals surface area contributed by atoms with Crippen molar-refractivity contribution in [1.29, 1.82) is 0 Å². The molecule has 0 aromatic heterocycles. The molecule has 32 heavy (non-hydrogen) atoms. The van der Waals surface area contributed by atoms with Gasteiger partial charge in [-0.3, -0.25) is 4.79 Å². The van der Waals surface area contributed by atoms with Crippen molar-refractivity contribution in [2.45, 2.75) is 23.3 Å². The van der Waals surface area contributed by atoms with Crippen molar-refractivity contribution in [3.63, 3.8) is 0 Å². The van der Waals surface area contributed by atoms with E-state index in [4.69, 9.17) is 16.3 Å². The fraction of sp³-hybridized carbons (Fsp3) is 0.130. The molecule has 1 aliphatic rings. The standard InChI is InChI=1S/C23H17ClFNO5S/c1-2-31-23(28)14-10-11-21-19(12-14)26(13-16-17(24)7-5-8-18(16)25)22(27)15-6-3-4-9-20(15)32(21,29)30/h3-12H,2,13H2,1H3. The average molecular weight is 474 g/mol. The van der Waals surface area contributed by atoms with E-state index < -0.39 is 27.5 Å². The van der Waals surface area contributed by atoms with E-state index in [1.54, 1.807) is 13.0 Å². The number of hydrogen-bond donors (Lipinski definition) is 0. The molecule has 0 bridgehead atoms. The summed E-state index contributed by atoms with van der Waals surface area (Å²) in [6.07, 6.45) is 0. The zero-order chi connectivity index (χ0) is 23.0. The molecule has 0 atom stereocenters. The van der Waals surface area contributed by atoms with Gasteiger partial charge in [0.15, 0.2) is 0 Å². The molecule has 1 aliphatic heterocycles. The third-order valence-electron chi connectivity index (χ3n) is 5.08. The van der Waals surface area contributed by atoms with Crippen molar-refractivity contribution < 1.29 is 27.1 Å². The van der Waals surface area contributed by atoms with E-state index in [1.807, 2.05) is 0 Å². The fourth-order valence-electron chi connectivity index (χ4n) is 3.55. The van der Waals surface area contributed by atoms with Crippen molar-refractivity contribution >= 4 is 39.0 Å². The minimum absolute atomic E-state index is 0.0202. The van der Waals surface area contributed by atoms with Crippen LogP contribution in [-0.4, -0.2) is 26.9 Å². The van der Waals surface area contributed by atoms with Gasteiger partial charge in [-0.1, -0.05) is 29.8 Å². The van der Waals surface area contributed by atoms with E-state index >= 15 is 0 Å². The first-order valence-corrected chi connectivity index (χ1v) is 11.5. The number of carbonyl (C=O) groups excluding carboxylic acids is 2. The number of benzene rings is 3. The topological polar surface area (TPSA) is 80.8 Å². The minimum atomic E-state index is -4.11. The molecule has 0 spiro atoms. The summed E-state index contributed by atoms with van der Waals surface area (Å²) in [5.41, 5.74) is -0.0408. The maximum atomic E-state index is 14.6. The minimum Gasteiger partial charge on any atom is -0.462 e. The van der Waals surface area contributed by atoms with Crippen LogP contribution in [0.25, 0.3) is 0 Å². The molecule has 1 amide bonds. The predicted octanol–water partition coefficient (Wildman–Crippen LogP) is 4.65. The Bertz CT molecular complexity index is 1340. The Morgan fingerprint density at radius 1 is 1.06 bits per heavy atom. The number of ether oxygens (including phenoxy) is 1. The highest BCUT2D eigenvalue weighted by molar-refractivity contribution is 7.91. The molecular weight excluding hydrogens is 457 g/mol. The van der Waals surface area contributed by atoms with E-state index in [0.29, 0.717) is 0 Å². The summed E-state index contributed by atoms with van der Waals surface area (Å²) in [5.74, 6) is -1.98. The van der Waals surface area contributed by atoms with Crippen LogP contribution >= 0.6 is 11.6 Å². The number of carbonyl (C=O) groups is 2. The normalized spacial score (nSPS) is 14.3. The molecule has 1 heterocycles. The lowest BCUT2D eigenvalue weighted by Gasteiger charge is -2.24. The lowest BCUT2D eigenvalue weighted by atomic mass is 10.1. The van der Waals surface area contributed by atoms with Crippen LogP contribution in [0.4, 0.5) is 10.1 Å². The summed E-state index contributed by atoms with van der Waals surface area (Å²) in [6.45, 7) is 1.42. The van der Waals surface area contributed by atoms with Gasteiger partial charge in [0.05, 0.1) is 39.8 Å². The number of halogens is 2. The van der Waals surface area contributed by atoms with Gasteiger partial charge >= 0.3 is 5.97 Å². The second-order valence-electron chi connectivity index (χ2n) is 6.99. The monoisotopic (exact) mass is 473 g/mol. The highest BCUT2D eigenvalue weighted by atomic mass is 35.5. The number of sulfone groups is 1. The van der Waals surface area contributed by atoms with Gasteiger partial charge in [-0.25, -0.2) is 17.6 Å². The third kappa shape index (κ3) is 3.65. The van der Waals surface area contributed by atoms with Gasteiger partial charge in [-0.05, 0) is 49.4 Å². The molecule has 0 saturated carbocycles. The van der Waals surface area contributed by atoms with Gasteiger partial charge in [-0.2, -0.15) is 0 Å². The van der Waals surface area contributed by atoms with Gasteiger partial charge in [0, 0.05) is 10.6 Å². The van der Waals surface area contributed by atoms with Gasteiger partial charge in [0.1, 0.15) is 5.82 Å². The second-order valence-corrected chi connectivity index (χ2v) is 9.29.